The molecule has 1 atom stereocenters. The fourth-order valence-corrected chi connectivity index (χ4v) is 4.39. The second kappa shape index (κ2) is 6.78. The molecule has 0 radical (unpaired) electrons. The Balaban J connectivity index is 1.64. The highest BCUT2D eigenvalue weighted by atomic mass is 35.5. The standard InChI is InChI=1S/C17H13Cl2N5O2S/c1-8-5-9(2)23-16(20-8)21-22-17(23)27-13-7-14(25)24(15(13)26)10-3-4-11(18)12(19)6-10/h3-6,13H,7H2,1-2H3/t13-/m0/s1. The minimum atomic E-state index is -0.597. The maximum atomic E-state index is 12.8. The van der Waals surface area contributed by atoms with Gasteiger partial charge in [-0.2, -0.15) is 0 Å². The molecule has 2 amide bonds. The van der Waals surface area contributed by atoms with E-state index in [0.717, 1.165) is 16.3 Å². The molecule has 3 aromatic rings. The zero-order valence-corrected chi connectivity index (χ0v) is 16.6. The first-order valence-electron chi connectivity index (χ1n) is 8.03. The Kier molecular flexibility index (Phi) is 4.57. The molecule has 0 N–H and O–H groups in total. The molecule has 1 aliphatic rings. The Bertz CT molecular complexity index is 1100. The van der Waals surface area contributed by atoms with Crippen LogP contribution in [0.3, 0.4) is 0 Å². The largest absolute Gasteiger partial charge is 0.274 e. The van der Waals surface area contributed by atoms with E-state index in [0.29, 0.717) is 21.6 Å². The first kappa shape index (κ1) is 18.2. The fraction of sp³-hybridized carbons (Fsp3) is 0.235. The van der Waals surface area contributed by atoms with Gasteiger partial charge in [-0.05, 0) is 38.1 Å². The lowest BCUT2D eigenvalue weighted by molar-refractivity contribution is -0.121. The van der Waals surface area contributed by atoms with Gasteiger partial charge in [0.25, 0.3) is 5.78 Å². The highest BCUT2D eigenvalue weighted by Gasteiger charge is 2.41. The van der Waals surface area contributed by atoms with Crippen molar-refractivity contribution >= 4 is 58.2 Å². The van der Waals surface area contributed by atoms with Crippen LogP contribution >= 0.6 is 35.0 Å². The average Bonchev–Trinajstić information content (AvgIpc) is 3.12. The van der Waals surface area contributed by atoms with Crippen LogP contribution in [0.1, 0.15) is 17.8 Å². The molecule has 1 saturated heterocycles. The van der Waals surface area contributed by atoms with Crippen LogP contribution in [0.5, 0.6) is 0 Å². The summed E-state index contributed by atoms with van der Waals surface area (Å²) in [5.41, 5.74) is 2.15. The third-order valence-corrected chi connectivity index (χ3v) is 6.04. The number of aryl methyl sites for hydroxylation is 2. The number of carbonyl (C=O) groups is 2. The van der Waals surface area contributed by atoms with E-state index < -0.39 is 5.25 Å². The number of amides is 2. The lowest BCUT2D eigenvalue weighted by Gasteiger charge is -2.15. The van der Waals surface area contributed by atoms with Crippen LogP contribution in [0.4, 0.5) is 5.69 Å². The molecule has 2 aromatic heterocycles. The van der Waals surface area contributed by atoms with Crippen molar-refractivity contribution in [2.45, 2.75) is 30.7 Å². The van der Waals surface area contributed by atoms with Crippen molar-refractivity contribution in [2.24, 2.45) is 0 Å². The van der Waals surface area contributed by atoms with Crippen molar-refractivity contribution in [3.8, 4) is 0 Å². The van der Waals surface area contributed by atoms with Crippen LogP contribution in [-0.2, 0) is 9.59 Å². The molecule has 0 aliphatic carbocycles. The summed E-state index contributed by atoms with van der Waals surface area (Å²) < 4.78 is 1.78. The Hall–Kier alpha value is -2.16. The van der Waals surface area contributed by atoms with E-state index >= 15 is 0 Å². The average molecular weight is 422 g/mol. The highest BCUT2D eigenvalue weighted by molar-refractivity contribution is 8.00. The van der Waals surface area contributed by atoms with Gasteiger partial charge in [0.1, 0.15) is 5.25 Å². The van der Waals surface area contributed by atoms with Crippen LogP contribution in [0.15, 0.2) is 29.4 Å². The monoisotopic (exact) mass is 421 g/mol. The van der Waals surface area contributed by atoms with Gasteiger partial charge in [-0.15, -0.1) is 10.2 Å². The predicted molar refractivity (Wildman–Crippen MR) is 103 cm³/mol. The normalized spacial score (nSPS) is 17.3. The van der Waals surface area contributed by atoms with Gasteiger partial charge < -0.3 is 0 Å². The summed E-state index contributed by atoms with van der Waals surface area (Å²) >= 11 is 13.1. The molecule has 0 saturated carbocycles. The number of imide groups is 1. The second-order valence-electron chi connectivity index (χ2n) is 6.13. The number of aromatic nitrogens is 4. The van der Waals surface area contributed by atoms with Gasteiger partial charge in [-0.3, -0.25) is 14.0 Å². The Morgan fingerprint density at radius 3 is 2.63 bits per heavy atom. The number of rotatable bonds is 3. The van der Waals surface area contributed by atoms with E-state index in [1.54, 1.807) is 16.5 Å². The second-order valence-corrected chi connectivity index (χ2v) is 8.12. The molecule has 3 heterocycles. The summed E-state index contributed by atoms with van der Waals surface area (Å²) in [6, 6.07) is 6.57. The lowest BCUT2D eigenvalue weighted by atomic mass is 10.3. The highest BCUT2D eigenvalue weighted by Crippen LogP contribution is 2.35. The molecule has 27 heavy (non-hydrogen) atoms. The quantitative estimate of drug-likeness (QED) is 0.602. The molecule has 1 fully saturated rings. The van der Waals surface area contributed by atoms with E-state index in [4.69, 9.17) is 23.2 Å². The number of nitrogens with zero attached hydrogens (tertiary/aromatic N) is 5. The smallest absolute Gasteiger partial charge is 0.256 e. The van der Waals surface area contributed by atoms with Gasteiger partial charge >= 0.3 is 0 Å². The summed E-state index contributed by atoms with van der Waals surface area (Å²) in [6.07, 6.45) is 0.0665. The SMILES string of the molecule is Cc1cc(C)n2c(S[C@H]3CC(=O)N(c4ccc(Cl)c(Cl)c4)C3=O)nnc2n1. The molecular formula is C17H13Cl2N5O2S. The number of carbonyl (C=O) groups excluding carboxylic acids is 2. The van der Waals surface area contributed by atoms with Gasteiger partial charge in [0, 0.05) is 17.8 Å². The summed E-state index contributed by atoms with van der Waals surface area (Å²) in [4.78, 5) is 30.8. The molecule has 0 unspecified atom stereocenters. The zero-order valence-electron chi connectivity index (χ0n) is 14.3. The van der Waals surface area contributed by atoms with Crippen LogP contribution in [-0.4, -0.2) is 36.6 Å². The molecule has 7 nitrogen and oxygen atoms in total. The number of fused-ring (bicyclic) bond motifs is 1. The van der Waals surface area contributed by atoms with Crippen molar-refractivity contribution in [3.63, 3.8) is 0 Å². The van der Waals surface area contributed by atoms with Gasteiger partial charge in [0.2, 0.25) is 11.8 Å². The summed E-state index contributed by atoms with van der Waals surface area (Å²) in [5, 5.41) is 8.77. The first-order valence-corrected chi connectivity index (χ1v) is 9.66. The predicted octanol–water partition coefficient (Wildman–Crippen LogP) is 3.47. The number of hydrogen-bond donors (Lipinski definition) is 0. The molecule has 1 aliphatic heterocycles. The minimum absolute atomic E-state index is 0.0665. The van der Waals surface area contributed by atoms with E-state index in [-0.39, 0.29) is 23.3 Å². The van der Waals surface area contributed by atoms with Crippen molar-refractivity contribution in [1.82, 2.24) is 19.6 Å². The number of hydrogen-bond acceptors (Lipinski definition) is 6. The number of halogens is 2. The van der Waals surface area contributed by atoms with Crippen molar-refractivity contribution < 1.29 is 9.59 Å². The van der Waals surface area contributed by atoms with Gasteiger partial charge in [-0.25, -0.2) is 9.88 Å². The molecule has 138 valence electrons. The van der Waals surface area contributed by atoms with E-state index in [9.17, 15) is 9.59 Å². The molecule has 1 aromatic carbocycles. The third kappa shape index (κ3) is 3.18. The maximum absolute atomic E-state index is 12.8. The Labute approximate surface area is 168 Å². The molecule has 0 bridgehead atoms. The topological polar surface area (TPSA) is 80.5 Å². The fourth-order valence-electron chi connectivity index (χ4n) is 3.00. The van der Waals surface area contributed by atoms with Gasteiger partial charge in [0.15, 0.2) is 5.16 Å². The lowest BCUT2D eigenvalue weighted by Crippen LogP contribution is -2.31. The van der Waals surface area contributed by atoms with Gasteiger partial charge in [0.05, 0.1) is 15.7 Å². The first-order chi connectivity index (χ1) is 12.8. The summed E-state index contributed by atoms with van der Waals surface area (Å²) in [6.45, 7) is 3.79. The number of anilines is 1. The summed E-state index contributed by atoms with van der Waals surface area (Å²) in [7, 11) is 0. The minimum Gasteiger partial charge on any atom is -0.274 e. The van der Waals surface area contributed by atoms with Crippen LogP contribution in [0, 0.1) is 13.8 Å². The molecule has 4 rings (SSSR count). The van der Waals surface area contributed by atoms with Crippen LogP contribution in [0.2, 0.25) is 10.0 Å². The summed E-state index contributed by atoms with van der Waals surface area (Å²) in [5.74, 6) is -0.152. The van der Waals surface area contributed by atoms with Crippen molar-refractivity contribution in [3.05, 3.63) is 45.7 Å². The van der Waals surface area contributed by atoms with E-state index in [1.807, 2.05) is 19.9 Å². The maximum Gasteiger partial charge on any atom is 0.256 e. The Morgan fingerprint density at radius 2 is 1.89 bits per heavy atom. The molecular weight excluding hydrogens is 409 g/mol. The van der Waals surface area contributed by atoms with E-state index in [2.05, 4.69) is 15.2 Å². The van der Waals surface area contributed by atoms with E-state index in [1.165, 1.54) is 17.8 Å². The van der Waals surface area contributed by atoms with Crippen molar-refractivity contribution in [2.75, 3.05) is 4.90 Å². The Morgan fingerprint density at radius 1 is 1.11 bits per heavy atom. The van der Waals surface area contributed by atoms with Crippen LogP contribution < -0.4 is 4.90 Å². The molecule has 10 heteroatoms. The third-order valence-electron chi connectivity index (χ3n) is 4.18. The zero-order chi connectivity index (χ0) is 19.3. The van der Waals surface area contributed by atoms with Crippen molar-refractivity contribution in [1.29, 1.82) is 0 Å². The number of thioether (sulfide) groups is 1. The number of benzene rings is 1. The van der Waals surface area contributed by atoms with Crippen LogP contribution in [0.25, 0.3) is 5.78 Å². The van der Waals surface area contributed by atoms with Gasteiger partial charge in [-0.1, -0.05) is 35.0 Å². The molecule has 0 spiro atoms.